The van der Waals surface area contributed by atoms with Gasteiger partial charge < -0.3 is 9.80 Å². The fourth-order valence-corrected chi connectivity index (χ4v) is 2.38. The highest BCUT2D eigenvalue weighted by atomic mass is 16.6. The Hall–Kier alpha value is -1.36. The van der Waals surface area contributed by atoms with Crippen molar-refractivity contribution in [1.82, 2.24) is 9.80 Å². The van der Waals surface area contributed by atoms with Crippen LogP contribution in [0.15, 0.2) is 23.5 Å². The van der Waals surface area contributed by atoms with Crippen molar-refractivity contribution in [3.63, 3.8) is 0 Å². The lowest BCUT2D eigenvalue weighted by molar-refractivity contribution is -0.422. The van der Waals surface area contributed by atoms with Gasteiger partial charge in [-0.1, -0.05) is 6.08 Å². The third kappa shape index (κ3) is 2.66. The zero-order valence-electron chi connectivity index (χ0n) is 10.3. The number of likely N-dealkylation sites (N-methyl/N-ethyl adjacent to an activating group) is 2. The Morgan fingerprint density at radius 3 is 2.94 bits per heavy atom. The second kappa shape index (κ2) is 4.87. The number of nitro groups is 1. The van der Waals surface area contributed by atoms with Crippen LogP contribution < -0.4 is 0 Å². The van der Waals surface area contributed by atoms with E-state index in [4.69, 9.17) is 0 Å². The number of allylic oxidation sites excluding steroid dienone is 3. The van der Waals surface area contributed by atoms with Crippen LogP contribution in [0.25, 0.3) is 0 Å². The predicted molar refractivity (Wildman–Crippen MR) is 65.7 cm³/mol. The van der Waals surface area contributed by atoms with Gasteiger partial charge in [-0.3, -0.25) is 10.1 Å². The highest BCUT2D eigenvalue weighted by Gasteiger charge is 2.26. The second-order valence-electron chi connectivity index (χ2n) is 4.71. The number of nitrogens with zero attached hydrogens (tertiary/aromatic N) is 3. The van der Waals surface area contributed by atoms with E-state index in [1.165, 1.54) is 0 Å². The van der Waals surface area contributed by atoms with E-state index in [1.54, 1.807) is 12.5 Å². The summed E-state index contributed by atoms with van der Waals surface area (Å²) >= 11 is 0. The van der Waals surface area contributed by atoms with E-state index < -0.39 is 0 Å². The molecule has 2 rings (SSSR count). The van der Waals surface area contributed by atoms with Gasteiger partial charge in [0.15, 0.2) is 0 Å². The summed E-state index contributed by atoms with van der Waals surface area (Å²) in [5.74, 6) is 0. The first-order valence-electron chi connectivity index (χ1n) is 5.89. The zero-order valence-corrected chi connectivity index (χ0v) is 10.3. The van der Waals surface area contributed by atoms with Crippen LogP contribution in [-0.2, 0) is 0 Å². The maximum Gasteiger partial charge on any atom is 0.252 e. The summed E-state index contributed by atoms with van der Waals surface area (Å²) in [6.07, 6.45) is 7.13. The first-order chi connectivity index (χ1) is 8.08. The lowest BCUT2D eigenvalue weighted by Crippen LogP contribution is -2.33. The van der Waals surface area contributed by atoms with Crippen LogP contribution >= 0.6 is 0 Å². The van der Waals surface area contributed by atoms with Crippen molar-refractivity contribution in [2.75, 3.05) is 27.2 Å². The van der Waals surface area contributed by atoms with E-state index in [9.17, 15) is 10.1 Å². The molecule has 17 heavy (non-hydrogen) atoms. The Kier molecular flexibility index (Phi) is 3.47. The third-order valence-corrected chi connectivity index (χ3v) is 3.48. The Balaban J connectivity index is 2.07. The molecule has 1 heterocycles. The fraction of sp³-hybridized carbons (Fsp3) is 0.583. The fourth-order valence-electron chi connectivity index (χ4n) is 2.38. The van der Waals surface area contributed by atoms with Gasteiger partial charge in [-0.05, 0) is 26.4 Å². The van der Waals surface area contributed by atoms with E-state index in [0.29, 0.717) is 12.5 Å². The minimum atomic E-state index is -0.318. The Morgan fingerprint density at radius 1 is 1.59 bits per heavy atom. The minimum absolute atomic E-state index is 0.209. The number of likely N-dealkylation sites (tertiary alicyclic amines) is 1. The summed E-state index contributed by atoms with van der Waals surface area (Å²) in [7, 11) is 4.13. The standard InChI is InChI=1S/C12H18N3O2/c1-13-7-6-12(9-13)14(2)10-4-3-5-11(8-10)15(16)17/h4-5,8,12H,3,6-7,9H2,1-2H3. The largest absolute Gasteiger partial charge is 0.370 e. The molecule has 0 N–H and O–H groups in total. The molecule has 1 radical (unpaired) electrons. The third-order valence-electron chi connectivity index (χ3n) is 3.48. The number of hydrogen-bond donors (Lipinski definition) is 0. The van der Waals surface area contributed by atoms with Crippen LogP contribution in [0, 0.1) is 16.5 Å². The van der Waals surface area contributed by atoms with Crippen LogP contribution in [0.3, 0.4) is 0 Å². The summed E-state index contributed by atoms with van der Waals surface area (Å²) in [6, 6.07) is 0.466. The molecule has 1 unspecified atom stereocenters. The summed E-state index contributed by atoms with van der Waals surface area (Å²) in [4.78, 5) is 14.9. The topological polar surface area (TPSA) is 49.6 Å². The van der Waals surface area contributed by atoms with Crippen molar-refractivity contribution in [2.24, 2.45) is 0 Å². The quantitative estimate of drug-likeness (QED) is 0.547. The van der Waals surface area contributed by atoms with E-state index in [-0.39, 0.29) is 10.6 Å². The zero-order chi connectivity index (χ0) is 12.4. The van der Waals surface area contributed by atoms with Gasteiger partial charge in [0, 0.05) is 31.4 Å². The van der Waals surface area contributed by atoms with Crippen LogP contribution in [0.5, 0.6) is 0 Å². The average Bonchev–Trinajstić information content (AvgIpc) is 2.75. The molecular formula is C12H18N3O2. The molecule has 1 fully saturated rings. The van der Waals surface area contributed by atoms with Gasteiger partial charge in [0.2, 0.25) is 0 Å². The average molecular weight is 236 g/mol. The molecule has 0 aromatic heterocycles. The van der Waals surface area contributed by atoms with Crippen molar-refractivity contribution >= 4 is 0 Å². The van der Waals surface area contributed by atoms with Crippen LogP contribution in [0.4, 0.5) is 0 Å². The first kappa shape index (κ1) is 12.1. The van der Waals surface area contributed by atoms with Gasteiger partial charge >= 0.3 is 0 Å². The van der Waals surface area contributed by atoms with Crippen LogP contribution in [-0.4, -0.2) is 47.9 Å². The second-order valence-corrected chi connectivity index (χ2v) is 4.71. The molecular weight excluding hydrogens is 218 g/mol. The van der Waals surface area contributed by atoms with Crippen molar-refractivity contribution < 1.29 is 4.92 Å². The Morgan fingerprint density at radius 2 is 2.35 bits per heavy atom. The van der Waals surface area contributed by atoms with Crippen molar-refractivity contribution in [3.8, 4) is 0 Å². The molecule has 93 valence electrons. The maximum absolute atomic E-state index is 10.7. The minimum Gasteiger partial charge on any atom is -0.370 e. The molecule has 0 amide bonds. The summed E-state index contributed by atoms with van der Waals surface area (Å²) in [6.45, 7) is 2.12. The monoisotopic (exact) mass is 236 g/mol. The van der Waals surface area contributed by atoms with Gasteiger partial charge in [0.1, 0.15) is 0 Å². The molecule has 5 nitrogen and oxygen atoms in total. The molecule has 0 aromatic rings. The van der Waals surface area contributed by atoms with E-state index in [0.717, 1.165) is 25.2 Å². The molecule has 0 aromatic carbocycles. The molecule has 0 bridgehead atoms. The molecule has 5 heteroatoms. The highest BCUT2D eigenvalue weighted by molar-refractivity contribution is 5.29. The SMILES string of the molecule is CN1CCC(N(C)C2=CC[CH]C([N+](=O)[O-])=C2)C1. The number of rotatable bonds is 3. The van der Waals surface area contributed by atoms with Crippen molar-refractivity contribution in [3.05, 3.63) is 40.1 Å². The van der Waals surface area contributed by atoms with Gasteiger partial charge in [-0.25, -0.2) is 0 Å². The molecule has 1 aliphatic heterocycles. The smallest absolute Gasteiger partial charge is 0.252 e. The van der Waals surface area contributed by atoms with E-state index in [1.807, 2.05) is 13.1 Å². The van der Waals surface area contributed by atoms with Crippen molar-refractivity contribution in [1.29, 1.82) is 0 Å². The Labute approximate surface area is 102 Å². The maximum atomic E-state index is 10.7. The van der Waals surface area contributed by atoms with Gasteiger partial charge in [-0.2, -0.15) is 0 Å². The number of hydrogen-bond acceptors (Lipinski definition) is 4. The predicted octanol–water partition coefficient (Wildman–Crippen LogP) is 1.27. The van der Waals surface area contributed by atoms with E-state index in [2.05, 4.69) is 16.8 Å². The molecule has 1 atom stereocenters. The van der Waals surface area contributed by atoms with Gasteiger partial charge in [0.05, 0.1) is 11.3 Å². The summed E-state index contributed by atoms with van der Waals surface area (Å²) in [5, 5.41) is 10.7. The molecule has 1 aliphatic carbocycles. The molecule has 2 aliphatic rings. The molecule has 1 saturated heterocycles. The summed E-state index contributed by atoms with van der Waals surface area (Å²) < 4.78 is 0. The Bertz CT molecular complexity index is 376. The molecule has 0 spiro atoms. The lowest BCUT2D eigenvalue weighted by atomic mass is 10.1. The molecule has 0 saturated carbocycles. The van der Waals surface area contributed by atoms with E-state index >= 15 is 0 Å². The van der Waals surface area contributed by atoms with Crippen LogP contribution in [0.1, 0.15) is 12.8 Å². The van der Waals surface area contributed by atoms with Gasteiger partial charge in [0.25, 0.3) is 5.70 Å². The first-order valence-corrected chi connectivity index (χ1v) is 5.89. The highest BCUT2D eigenvalue weighted by Crippen LogP contribution is 2.23. The summed E-state index contributed by atoms with van der Waals surface area (Å²) in [5.41, 5.74) is 1.18. The van der Waals surface area contributed by atoms with Crippen molar-refractivity contribution in [2.45, 2.75) is 18.9 Å². The van der Waals surface area contributed by atoms with Gasteiger partial charge in [-0.15, -0.1) is 0 Å². The van der Waals surface area contributed by atoms with Crippen LogP contribution in [0.2, 0.25) is 0 Å². The normalized spacial score (nSPS) is 25.4. The lowest BCUT2D eigenvalue weighted by Gasteiger charge is -2.28.